The lowest BCUT2D eigenvalue weighted by Gasteiger charge is -2.20. The fraction of sp³-hybridized carbons (Fsp3) is 0.857. The summed E-state index contributed by atoms with van der Waals surface area (Å²) in [5.74, 6) is -0.143. The summed E-state index contributed by atoms with van der Waals surface area (Å²) in [7, 11) is 0. The van der Waals surface area contributed by atoms with Gasteiger partial charge in [0.25, 0.3) is 0 Å². The van der Waals surface area contributed by atoms with E-state index in [1.807, 2.05) is 6.92 Å². The van der Waals surface area contributed by atoms with E-state index in [4.69, 9.17) is 9.84 Å². The van der Waals surface area contributed by atoms with Crippen LogP contribution >= 0.6 is 0 Å². The maximum atomic E-state index is 10.6. The van der Waals surface area contributed by atoms with Gasteiger partial charge in [0.1, 0.15) is 5.60 Å². The summed E-state index contributed by atoms with van der Waals surface area (Å²) in [6.45, 7) is 1.94. The number of aliphatic hydroxyl groups excluding tert-OH is 1. The molecule has 1 aliphatic heterocycles. The van der Waals surface area contributed by atoms with E-state index in [1.165, 1.54) is 0 Å². The molecule has 0 unspecified atom stereocenters. The molecule has 58 valence electrons. The number of hydrogen-bond acceptors (Lipinski definition) is 3. The second kappa shape index (κ2) is 2.58. The molecule has 1 saturated heterocycles. The van der Waals surface area contributed by atoms with Crippen LogP contribution in [0.1, 0.15) is 26.2 Å². The summed E-state index contributed by atoms with van der Waals surface area (Å²) >= 11 is 0. The van der Waals surface area contributed by atoms with Gasteiger partial charge in [0.05, 0.1) is 0 Å². The zero-order valence-corrected chi connectivity index (χ0v) is 6.09. The first-order valence-corrected chi connectivity index (χ1v) is 3.49. The molecule has 0 aromatic carbocycles. The van der Waals surface area contributed by atoms with Gasteiger partial charge in [0.2, 0.25) is 0 Å². The van der Waals surface area contributed by atoms with Crippen molar-refractivity contribution in [3.05, 3.63) is 0 Å². The molecule has 0 saturated carbocycles. The molecule has 0 bridgehead atoms. The standard InChI is InChI=1S/C7H12O3/c1-7(4-5-8)3-2-6(9)10-7/h8H,2-5H2,1H3/t7-/m1/s1. The Morgan fingerprint density at radius 3 is 2.90 bits per heavy atom. The van der Waals surface area contributed by atoms with Crippen LogP contribution in [-0.2, 0) is 9.53 Å². The van der Waals surface area contributed by atoms with Crippen molar-refractivity contribution < 1.29 is 14.6 Å². The first-order chi connectivity index (χ1) is 4.66. The van der Waals surface area contributed by atoms with Crippen molar-refractivity contribution in [3.8, 4) is 0 Å². The van der Waals surface area contributed by atoms with Crippen LogP contribution in [0.3, 0.4) is 0 Å². The summed E-state index contributed by atoms with van der Waals surface area (Å²) in [4.78, 5) is 10.6. The van der Waals surface area contributed by atoms with Crippen LogP contribution in [0.5, 0.6) is 0 Å². The number of ether oxygens (including phenoxy) is 1. The Morgan fingerprint density at radius 1 is 1.80 bits per heavy atom. The summed E-state index contributed by atoms with van der Waals surface area (Å²) in [5, 5.41) is 8.59. The van der Waals surface area contributed by atoms with Gasteiger partial charge in [-0.25, -0.2) is 0 Å². The molecule has 1 fully saturated rings. The van der Waals surface area contributed by atoms with Crippen molar-refractivity contribution >= 4 is 5.97 Å². The fourth-order valence-corrected chi connectivity index (χ4v) is 1.16. The number of aliphatic hydroxyl groups is 1. The van der Waals surface area contributed by atoms with Crippen molar-refractivity contribution in [3.63, 3.8) is 0 Å². The van der Waals surface area contributed by atoms with E-state index in [0.717, 1.165) is 6.42 Å². The van der Waals surface area contributed by atoms with Crippen LogP contribution < -0.4 is 0 Å². The van der Waals surface area contributed by atoms with Crippen LogP contribution in [0.25, 0.3) is 0 Å². The number of carbonyl (C=O) groups excluding carboxylic acids is 1. The largest absolute Gasteiger partial charge is 0.459 e. The molecular formula is C7H12O3. The lowest BCUT2D eigenvalue weighted by molar-refractivity contribution is -0.148. The molecule has 3 nitrogen and oxygen atoms in total. The predicted octanol–water partition coefficient (Wildman–Crippen LogP) is 0.464. The number of carbonyl (C=O) groups is 1. The fourth-order valence-electron chi connectivity index (χ4n) is 1.16. The quantitative estimate of drug-likeness (QED) is 0.573. The minimum Gasteiger partial charge on any atom is -0.459 e. The highest BCUT2D eigenvalue weighted by molar-refractivity contribution is 5.72. The molecule has 10 heavy (non-hydrogen) atoms. The minimum atomic E-state index is -0.383. The summed E-state index contributed by atoms with van der Waals surface area (Å²) in [6, 6.07) is 0. The normalized spacial score (nSPS) is 32.4. The Hall–Kier alpha value is -0.570. The van der Waals surface area contributed by atoms with Crippen LogP contribution in [0.15, 0.2) is 0 Å². The van der Waals surface area contributed by atoms with Crippen molar-refractivity contribution in [1.82, 2.24) is 0 Å². The van der Waals surface area contributed by atoms with Gasteiger partial charge >= 0.3 is 5.97 Å². The molecule has 1 aliphatic rings. The number of cyclic esters (lactones) is 1. The van der Waals surface area contributed by atoms with Gasteiger partial charge in [-0.15, -0.1) is 0 Å². The predicted molar refractivity (Wildman–Crippen MR) is 35.4 cm³/mol. The zero-order valence-electron chi connectivity index (χ0n) is 6.09. The second-order valence-electron chi connectivity index (χ2n) is 2.90. The van der Waals surface area contributed by atoms with Crippen molar-refractivity contribution in [2.45, 2.75) is 31.8 Å². The van der Waals surface area contributed by atoms with E-state index < -0.39 is 0 Å². The molecule has 0 aliphatic carbocycles. The lowest BCUT2D eigenvalue weighted by atomic mass is 9.99. The third-order valence-electron chi connectivity index (χ3n) is 1.86. The monoisotopic (exact) mass is 144 g/mol. The zero-order chi connectivity index (χ0) is 7.61. The second-order valence-corrected chi connectivity index (χ2v) is 2.90. The van der Waals surface area contributed by atoms with Crippen LogP contribution in [0, 0.1) is 0 Å². The minimum absolute atomic E-state index is 0.0871. The molecule has 0 spiro atoms. The van der Waals surface area contributed by atoms with Gasteiger partial charge in [0.15, 0.2) is 0 Å². The molecule has 0 amide bonds. The third kappa shape index (κ3) is 1.48. The molecule has 1 N–H and O–H groups in total. The Labute approximate surface area is 60.0 Å². The maximum Gasteiger partial charge on any atom is 0.306 e. The van der Waals surface area contributed by atoms with Gasteiger partial charge in [-0.2, -0.15) is 0 Å². The molecule has 1 atom stereocenters. The Balaban J connectivity index is 2.46. The summed E-state index contributed by atoms with van der Waals surface area (Å²) < 4.78 is 4.99. The molecule has 3 heteroatoms. The highest BCUT2D eigenvalue weighted by Gasteiger charge is 2.34. The first kappa shape index (κ1) is 7.54. The number of rotatable bonds is 2. The van der Waals surface area contributed by atoms with Crippen molar-refractivity contribution in [1.29, 1.82) is 0 Å². The molecule has 0 aromatic heterocycles. The van der Waals surface area contributed by atoms with E-state index in [2.05, 4.69) is 0 Å². The van der Waals surface area contributed by atoms with E-state index in [-0.39, 0.29) is 18.2 Å². The highest BCUT2D eigenvalue weighted by atomic mass is 16.6. The summed E-state index contributed by atoms with van der Waals surface area (Å²) in [5.41, 5.74) is -0.383. The number of esters is 1. The molecular weight excluding hydrogens is 132 g/mol. The molecule has 1 rings (SSSR count). The van der Waals surface area contributed by atoms with E-state index >= 15 is 0 Å². The lowest BCUT2D eigenvalue weighted by Crippen LogP contribution is -2.24. The van der Waals surface area contributed by atoms with E-state index in [1.54, 1.807) is 0 Å². The highest BCUT2D eigenvalue weighted by Crippen LogP contribution is 2.28. The van der Waals surface area contributed by atoms with Gasteiger partial charge in [0, 0.05) is 19.4 Å². The maximum absolute atomic E-state index is 10.6. The van der Waals surface area contributed by atoms with Gasteiger partial charge in [-0.3, -0.25) is 4.79 Å². The first-order valence-electron chi connectivity index (χ1n) is 3.49. The topological polar surface area (TPSA) is 46.5 Å². The Kier molecular flexibility index (Phi) is 1.94. The van der Waals surface area contributed by atoms with Crippen molar-refractivity contribution in [2.75, 3.05) is 6.61 Å². The van der Waals surface area contributed by atoms with Gasteiger partial charge < -0.3 is 9.84 Å². The smallest absolute Gasteiger partial charge is 0.306 e. The van der Waals surface area contributed by atoms with Gasteiger partial charge in [-0.1, -0.05) is 0 Å². The van der Waals surface area contributed by atoms with E-state index in [9.17, 15) is 4.79 Å². The SMILES string of the molecule is C[C@]1(CCO)CCC(=O)O1. The number of hydrogen-bond donors (Lipinski definition) is 1. The van der Waals surface area contributed by atoms with E-state index in [0.29, 0.717) is 12.8 Å². The molecule has 0 radical (unpaired) electrons. The third-order valence-corrected chi connectivity index (χ3v) is 1.86. The van der Waals surface area contributed by atoms with Crippen LogP contribution in [0.2, 0.25) is 0 Å². The van der Waals surface area contributed by atoms with Gasteiger partial charge in [-0.05, 0) is 13.3 Å². The Morgan fingerprint density at radius 2 is 2.50 bits per heavy atom. The van der Waals surface area contributed by atoms with Crippen molar-refractivity contribution in [2.24, 2.45) is 0 Å². The van der Waals surface area contributed by atoms with Crippen LogP contribution in [0.4, 0.5) is 0 Å². The average molecular weight is 144 g/mol. The molecule has 0 aromatic rings. The average Bonchev–Trinajstić information content (AvgIpc) is 2.12. The Bertz CT molecular complexity index is 144. The molecule has 1 heterocycles. The summed E-state index contributed by atoms with van der Waals surface area (Å²) in [6.07, 6.45) is 1.79. The van der Waals surface area contributed by atoms with Crippen LogP contribution in [-0.4, -0.2) is 23.3 Å².